The molecule has 9 heteroatoms. The number of aromatic nitrogens is 6. The van der Waals surface area contributed by atoms with Crippen LogP contribution in [0.3, 0.4) is 0 Å². The molecule has 1 saturated carbocycles. The third-order valence-corrected chi connectivity index (χ3v) is 6.43. The van der Waals surface area contributed by atoms with E-state index in [1.54, 1.807) is 31.0 Å². The topological polar surface area (TPSA) is 125 Å². The quantitative estimate of drug-likeness (QED) is 0.205. The van der Waals surface area contributed by atoms with Gasteiger partial charge in [0, 0.05) is 41.0 Å². The number of pyridine rings is 2. The minimum Gasteiger partial charge on any atom is -0.335 e. The number of fused-ring (bicyclic) bond motifs is 2. The molecule has 3 N–H and O–H groups in total. The number of aromatic amines is 2. The average Bonchev–Trinajstić information content (AvgIpc) is 3.55. The number of nitrogens with zero attached hydrogens (tertiary/aromatic N) is 5. The number of hydrogen-bond donors (Lipinski definition) is 3. The van der Waals surface area contributed by atoms with Crippen LogP contribution in [0.1, 0.15) is 25.3 Å². The Labute approximate surface area is 212 Å². The Balaban J connectivity index is 1.37. The zero-order chi connectivity index (χ0) is 25.4. The molecule has 1 aromatic carbocycles. The standard InChI is InChI=1S/C28H24N8O/c1-16(4-3-9-29-2)22-14-31-15-24-25(22)34-27(33-24)26-21-11-18(7-8-23(21)35-36-26)19-10-20(13-30-12-19)32-28(37)17-5-6-17/h3-4,7-15,17H,2,5-6H2,1H3,(H,32,37)(H,33,34)(H,35,36)/b9-3-,16-4+. The number of amides is 1. The van der Waals surface area contributed by atoms with Crippen molar-refractivity contribution in [3.8, 4) is 22.6 Å². The van der Waals surface area contributed by atoms with Crippen molar-refractivity contribution < 1.29 is 4.79 Å². The number of carbonyl (C=O) groups is 1. The maximum absolute atomic E-state index is 12.2. The summed E-state index contributed by atoms with van der Waals surface area (Å²) in [6.07, 6.45) is 14.4. The summed E-state index contributed by atoms with van der Waals surface area (Å²) in [5, 5.41) is 11.6. The molecule has 9 nitrogen and oxygen atoms in total. The van der Waals surface area contributed by atoms with Crippen LogP contribution in [0.2, 0.25) is 0 Å². The molecule has 0 spiro atoms. The van der Waals surface area contributed by atoms with E-state index in [1.165, 1.54) is 0 Å². The fourth-order valence-corrected chi connectivity index (χ4v) is 4.30. The van der Waals surface area contributed by atoms with Crippen molar-refractivity contribution in [1.29, 1.82) is 0 Å². The maximum atomic E-state index is 12.2. The lowest BCUT2D eigenvalue weighted by Crippen LogP contribution is -2.13. The molecule has 6 rings (SSSR count). The van der Waals surface area contributed by atoms with Gasteiger partial charge in [-0.25, -0.2) is 4.98 Å². The SMILES string of the molecule is C=N/C=C\C=C(/C)c1cncc2[nH]c(-c3n[nH]c4ccc(-c5cncc(NC(=O)C6CC6)c5)cc34)nc12. The number of aliphatic imine (C=N–C) groups is 1. The molecule has 1 aliphatic rings. The van der Waals surface area contributed by atoms with Crippen LogP contribution in [0.5, 0.6) is 0 Å². The lowest BCUT2D eigenvalue weighted by molar-refractivity contribution is -0.117. The number of rotatable bonds is 7. The Morgan fingerprint density at radius 2 is 1.97 bits per heavy atom. The van der Waals surface area contributed by atoms with Crippen LogP contribution in [0, 0.1) is 5.92 Å². The highest BCUT2D eigenvalue weighted by atomic mass is 16.2. The van der Waals surface area contributed by atoms with E-state index in [-0.39, 0.29) is 11.8 Å². The van der Waals surface area contributed by atoms with Gasteiger partial charge >= 0.3 is 0 Å². The molecule has 5 aromatic rings. The van der Waals surface area contributed by atoms with Gasteiger partial charge < -0.3 is 10.3 Å². The Morgan fingerprint density at radius 3 is 2.81 bits per heavy atom. The van der Waals surface area contributed by atoms with E-state index in [2.05, 4.69) is 48.2 Å². The Morgan fingerprint density at radius 1 is 1.11 bits per heavy atom. The first-order chi connectivity index (χ1) is 18.1. The van der Waals surface area contributed by atoms with Crippen LogP contribution in [0.25, 0.3) is 50.2 Å². The first-order valence-corrected chi connectivity index (χ1v) is 12.0. The molecule has 0 bridgehead atoms. The summed E-state index contributed by atoms with van der Waals surface area (Å²) >= 11 is 0. The van der Waals surface area contributed by atoms with Gasteiger partial charge in [0.05, 0.1) is 34.6 Å². The van der Waals surface area contributed by atoms with Gasteiger partial charge in [-0.1, -0.05) is 12.1 Å². The molecular formula is C28H24N8O. The third kappa shape index (κ3) is 4.42. The number of hydrogen-bond acceptors (Lipinski definition) is 6. The molecule has 37 heavy (non-hydrogen) atoms. The van der Waals surface area contributed by atoms with Crippen molar-refractivity contribution in [1.82, 2.24) is 30.1 Å². The molecule has 0 saturated heterocycles. The lowest BCUT2D eigenvalue weighted by atomic mass is 10.0. The van der Waals surface area contributed by atoms with E-state index in [0.717, 1.165) is 57.0 Å². The van der Waals surface area contributed by atoms with Gasteiger partial charge in [-0.15, -0.1) is 0 Å². The monoisotopic (exact) mass is 488 g/mol. The van der Waals surface area contributed by atoms with E-state index in [9.17, 15) is 4.79 Å². The number of anilines is 1. The van der Waals surface area contributed by atoms with E-state index in [1.807, 2.05) is 37.3 Å². The van der Waals surface area contributed by atoms with Gasteiger partial charge in [0.15, 0.2) is 5.82 Å². The van der Waals surface area contributed by atoms with Crippen molar-refractivity contribution in [2.75, 3.05) is 5.32 Å². The van der Waals surface area contributed by atoms with Crippen LogP contribution in [-0.2, 0) is 4.79 Å². The Bertz CT molecular complexity index is 1720. The highest BCUT2D eigenvalue weighted by molar-refractivity contribution is 5.98. The third-order valence-electron chi connectivity index (χ3n) is 6.43. The van der Waals surface area contributed by atoms with Crippen molar-refractivity contribution in [3.63, 3.8) is 0 Å². The minimum absolute atomic E-state index is 0.0590. The predicted octanol–water partition coefficient (Wildman–Crippen LogP) is 5.53. The molecule has 0 radical (unpaired) electrons. The molecule has 0 atom stereocenters. The Kier molecular flexibility index (Phi) is 5.65. The maximum Gasteiger partial charge on any atom is 0.227 e. The molecular weight excluding hydrogens is 464 g/mol. The summed E-state index contributed by atoms with van der Waals surface area (Å²) in [7, 11) is 0. The summed E-state index contributed by atoms with van der Waals surface area (Å²) < 4.78 is 0. The number of allylic oxidation sites excluding steroid dienone is 3. The first-order valence-electron chi connectivity index (χ1n) is 12.0. The highest BCUT2D eigenvalue weighted by Gasteiger charge is 2.29. The van der Waals surface area contributed by atoms with E-state index >= 15 is 0 Å². The number of carbonyl (C=O) groups excluding carboxylic acids is 1. The Hall–Kier alpha value is -4.92. The van der Waals surface area contributed by atoms with Gasteiger partial charge in [0.2, 0.25) is 5.91 Å². The molecule has 182 valence electrons. The summed E-state index contributed by atoms with van der Waals surface area (Å²) in [6.45, 7) is 5.46. The molecule has 1 aliphatic carbocycles. The summed E-state index contributed by atoms with van der Waals surface area (Å²) in [5.74, 6) is 0.837. The second-order valence-electron chi connectivity index (χ2n) is 9.10. The predicted molar refractivity (Wildman–Crippen MR) is 146 cm³/mol. The van der Waals surface area contributed by atoms with Crippen LogP contribution in [0.4, 0.5) is 5.69 Å². The lowest BCUT2D eigenvalue weighted by Gasteiger charge is -2.07. The summed E-state index contributed by atoms with van der Waals surface area (Å²) in [6, 6.07) is 7.99. The largest absolute Gasteiger partial charge is 0.335 e. The van der Waals surface area contributed by atoms with Crippen LogP contribution < -0.4 is 5.32 Å². The van der Waals surface area contributed by atoms with Crippen molar-refractivity contribution >= 4 is 45.8 Å². The molecule has 1 amide bonds. The average molecular weight is 489 g/mol. The van der Waals surface area contributed by atoms with Gasteiger partial charge in [-0.3, -0.25) is 24.9 Å². The van der Waals surface area contributed by atoms with Crippen LogP contribution in [-0.4, -0.2) is 42.8 Å². The number of nitrogens with one attached hydrogen (secondary N) is 3. The van der Waals surface area contributed by atoms with Gasteiger partial charge in [0.25, 0.3) is 0 Å². The second kappa shape index (κ2) is 9.27. The smallest absolute Gasteiger partial charge is 0.227 e. The zero-order valence-electron chi connectivity index (χ0n) is 20.2. The van der Waals surface area contributed by atoms with Crippen molar-refractivity contribution in [3.05, 3.63) is 73.0 Å². The molecule has 0 aliphatic heterocycles. The molecule has 4 aromatic heterocycles. The summed E-state index contributed by atoms with van der Waals surface area (Å²) in [5.41, 5.74) is 7.73. The highest BCUT2D eigenvalue weighted by Crippen LogP contribution is 2.33. The number of H-pyrrole nitrogens is 2. The number of benzene rings is 1. The molecule has 1 fully saturated rings. The van der Waals surface area contributed by atoms with Crippen molar-refractivity contribution in [2.45, 2.75) is 19.8 Å². The molecule has 4 heterocycles. The summed E-state index contributed by atoms with van der Waals surface area (Å²) in [4.78, 5) is 32.9. The number of imidazole rings is 1. The first kappa shape index (κ1) is 22.5. The fraction of sp³-hybridized carbons (Fsp3) is 0.143. The van der Waals surface area contributed by atoms with Crippen molar-refractivity contribution in [2.24, 2.45) is 10.9 Å². The molecule has 0 unspecified atom stereocenters. The fourth-order valence-electron chi connectivity index (χ4n) is 4.30. The van der Waals surface area contributed by atoms with Crippen LogP contribution in [0.15, 0.2) is 72.4 Å². The van der Waals surface area contributed by atoms with E-state index < -0.39 is 0 Å². The van der Waals surface area contributed by atoms with Gasteiger partial charge in [-0.2, -0.15) is 5.10 Å². The second-order valence-corrected chi connectivity index (χ2v) is 9.10. The normalized spacial score (nSPS) is 14.0. The van der Waals surface area contributed by atoms with E-state index in [4.69, 9.17) is 4.98 Å². The van der Waals surface area contributed by atoms with Gasteiger partial charge in [0.1, 0.15) is 5.69 Å². The van der Waals surface area contributed by atoms with Crippen LogP contribution >= 0.6 is 0 Å². The van der Waals surface area contributed by atoms with E-state index in [0.29, 0.717) is 17.2 Å². The zero-order valence-corrected chi connectivity index (χ0v) is 20.2. The minimum atomic E-state index is 0.0590. The van der Waals surface area contributed by atoms with Gasteiger partial charge in [-0.05, 0) is 61.9 Å².